The number of carbonyl (C=O) groups excluding carboxylic acids is 2. The van der Waals surface area contributed by atoms with Crippen molar-refractivity contribution in [3.05, 3.63) is 0 Å². The van der Waals surface area contributed by atoms with E-state index in [0.29, 0.717) is 57.8 Å². The highest BCUT2D eigenvalue weighted by Gasteiger charge is 2.23. The number of nitrogens with one attached hydrogen (secondary N) is 2. The third-order valence-electron chi connectivity index (χ3n) is 5.30. The van der Waals surface area contributed by atoms with Crippen molar-refractivity contribution in [1.82, 2.24) is 10.6 Å². The molecule has 2 amide bonds. The molecular formula is C27H54N2O5. The van der Waals surface area contributed by atoms with E-state index in [-0.39, 0.29) is 17.2 Å². The van der Waals surface area contributed by atoms with Crippen LogP contribution in [-0.4, -0.2) is 64.0 Å². The lowest BCUT2D eigenvalue weighted by Gasteiger charge is -2.23. The Bertz CT molecular complexity index is 526. The molecule has 1 atom stereocenters. The number of rotatable bonds is 20. The van der Waals surface area contributed by atoms with E-state index in [1.165, 1.54) is 0 Å². The summed E-state index contributed by atoms with van der Waals surface area (Å²) in [6, 6.07) is -0.507. The van der Waals surface area contributed by atoms with Crippen LogP contribution in [0.3, 0.4) is 0 Å². The van der Waals surface area contributed by atoms with Gasteiger partial charge in [0, 0.05) is 19.6 Å². The highest BCUT2D eigenvalue weighted by Crippen LogP contribution is 2.23. The molecule has 0 bridgehead atoms. The molecule has 0 aliphatic carbocycles. The zero-order valence-corrected chi connectivity index (χ0v) is 23.2. The van der Waals surface area contributed by atoms with Crippen LogP contribution in [0.15, 0.2) is 0 Å². The van der Waals surface area contributed by atoms with Gasteiger partial charge in [-0.15, -0.1) is 0 Å². The number of carbonyl (C=O) groups is 2. The van der Waals surface area contributed by atoms with E-state index in [4.69, 9.17) is 14.2 Å². The molecule has 202 valence electrons. The van der Waals surface area contributed by atoms with Crippen LogP contribution in [0.25, 0.3) is 0 Å². The van der Waals surface area contributed by atoms with E-state index in [2.05, 4.69) is 59.1 Å². The Morgan fingerprint density at radius 1 is 0.735 bits per heavy atom. The monoisotopic (exact) mass is 486 g/mol. The molecular weight excluding hydrogens is 432 g/mol. The molecule has 0 aliphatic heterocycles. The zero-order valence-electron chi connectivity index (χ0n) is 23.2. The van der Waals surface area contributed by atoms with E-state index in [0.717, 1.165) is 45.1 Å². The second-order valence-electron chi connectivity index (χ2n) is 11.5. The van der Waals surface area contributed by atoms with Crippen LogP contribution in [0.1, 0.15) is 99.8 Å². The van der Waals surface area contributed by atoms with Gasteiger partial charge in [0.25, 0.3) is 0 Å². The summed E-state index contributed by atoms with van der Waals surface area (Å²) in [6.07, 6.45) is 7.14. The van der Waals surface area contributed by atoms with Gasteiger partial charge in [-0.05, 0) is 42.9 Å². The number of amides is 2. The SMILES string of the molecule is CCCOCCOCCOCCNC(=O)[C@H](CCC(C)(C)C)NC(=O)CCCCCC(C)(C)C. The maximum Gasteiger partial charge on any atom is 0.242 e. The fourth-order valence-electron chi connectivity index (χ4n) is 3.29. The summed E-state index contributed by atoms with van der Waals surface area (Å²) in [5.41, 5.74) is 0.430. The molecule has 0 saturated carbocycles. The summed E-state index contributed by atoms with van der Waals surface area (Å²) in [7, 11) is 0. The fourth-order valence-corrected chi connectivity index (χ4v) is 3.29. The van der Waals surface area contributed by atoms with Crippen LogP contribution in [0.2, 0.25) is 0 Å². The van der Waals surface area contributed by atoms with Crippen LogP contribution >= 0.6 is 0 Å². The second-order valence-corrected chi connectivity index (χ2v) is 11.5. The van der Waals surface area contributed by atoms with Gasteiger partial charge < -0.3 is 24.8 Å². The minimum atomic E-state index is -0.507. The molecule has 0 spiro atoms. The van der Waals surface area contributed by atoms with E-state index in [1.807, 2.05) is 0 Å². The third kappa shape index (κ3) is 22.6. The van der Waals surface area contributed by atoms with Crippen molar-refractivity contribution in [2.45, 2.75) is 106 Å². The van der Waals surface area contributed by atoms with Crippen molar-refractivity contribution in [1.29, 1.82) is 0 Å². The van der Waals surface area contributed by atoms with Crippen LogP contribution < -0.4 is 10.6 Å². The predicted molar refractivity (Wildman–Crippen MR) is 139 cm³/mol. The molecule has 0 heterocycles. The molecule has 2 N–H and O–H groups in total. The molecule has 0 aromatic heterocycles. The Morgan fingerprint density at radius 2 is 1.29 bits per heavy atom. The van der Waals surface area contributed by atoms with E-state index >= 15 is 0 Å². The Kier molecular flexibility index (Phi) is 18.4. The molecule has 0 aromatic rings. The Balaban J connectivity index is 4.19. The first-order valence-corrected chi connectivity index (χ1v) is 13.2. The smallest absolute Gasteiger partial charge is 0.242 e. The normalized spacial score (nSPS) is 13.0. The van der Waals surface area contributed by atoms with Gasteiger partial charge in [0.2, 0.25) is 11.8 Å². The lowest BCUT2D eigenvalue weighted by atomic mass is 9.88. The van der Waals surface area contributed by atoms with Gasteiger partial charge in [-0.2, -0.15) is 0 Å². The van der Waals surface area contributed by atoms with Gasteiger partial charge in [-0.1, -0.05) is 61.3 Å². The molecule has 7 heteroatoms. The van der Waals surface area contributed by atoms with Crippen LogP contribution in [0.4, 0.5) is 0 Å². The average molecular weight is 487 g/mol. The van der Waals surface area contributed by atoms with Gasteiger partial charge in [0.15, 0.2) is 0 Å². The first kappa shape index (κ1) is 32.8. The quantitative estimate of drug-likeness (QED) is 0.240. The molecule has 0 aliphatic rings. The van der Waals surface area contributed by atoms with Crippen molar-refractivity contribution >= 4 is 11.8 Å². The molecule has 0 aromatic carbocycles. The first-order chi connectivity index (χ1) is 15.9. The highest BCUT2D eigenvalue weighted by atomic mass is 16.5. The Morgan fingerprint density at radius 3 is 1.85 bits per heavy atom. The molecule has 0 radical (unpaired) electrons. The maximum atomic E-state index is 12.7. The number of unbranched alkanes of at least 4 members (excludes halogenated alkanes) is 2. The number of ether oxygens (including phenoxy) is 3. The number of hydrogen-bond donors (Lipinski definition) is 2. The van der Waals surface area contributed by atoms with Crippen molar-refractivity contribution in [3.8, 4) is 0 Å². The average Bonchev–Trinajstić information content (AvgIpc) is 2.73. The molecule has 0 unspecified atom stereocenters. The zero-order chi connectivity index (χ0) is 25.9. The van der Waals surface area contributed by atoms with Gasteiger partial charge in [-0.3, -0.25) is 9.59 Å². The summed E-state index contributed by atoms with van der Waals surface area (Å²) >= 11 is 0. The fraction of sp³-hybridized carbons (Fsp3) is 0.926. The molecule has 0 fully saturated rings. The summed E-state index contributed by atoms with van der Waals surface area (Å²) in [6.45, 7) is 18.9. The molecule has 34 heavy (non-hydrogen) atoms. The third-order valence-corrected chi connectivity index (χ3v) is 5.30. The lowest BCUT2D eigenvalue weighted by Crippen LogP contribution is -2.47. The van der Waals surface area contributed by atoms with Gasteiger partial charge in [0.05, 0.1) is 33.0 Å². The minimum Gasteiger partial charge on any atom is -0.379 e. The summed E-state index contributed by atoms with van der Waals surface area (Å²) in [5.74, 6) is -0.181. The van der Waals surface area contributed by atoms with Crippen molar-refractivity contribution in [2.24, 2.45) is 10.8 Å². The van der Waals surface area contributed by atoms with Crippen molar-refractivity contribution < 1.29 is 23.8 Å². The Labute approximate surface area is 209 Å². The van der Waals surface area contributed by atoms with Crippen molar-refractivity contribution in [3.63, 3.8) is 0 Å². The lowest BCUT2D eigenvalue weighted by molar-refractivity contribution is -0.129. The first-order valence-electron chi connectivity index (χ1n) is 13.2. The standard InChI is InChI=1S/C27H54N2O5/c1-8-17-32-19-21-34-22-20-33-18-16-28-25(31)23(13-15-27(5,6)7)29-24(30)12-10-9-11-14-26(2,3)4/h23H,8-22H2,1-7H3,(H,28,31)(H,29,30)/t23-/m0/s1. The van der Waals surface area contributed by atoms with Crippen LogP contribution in [0, 0.1) is 10.8 Å². The van der Waals surface area contributed by atoms with Crippen molar-refractivity contribution in [2.75, 3.05) is 46.2 Å². The summed E-state index contributed by atoms with van der Waals surface area (Å²) in [5, 5.41) is 5.87. The van der Waals surface area contributed by atoms with E-state index in [9.17, 15) is 9.59 Å². The Hall–Kier alpha value is -1.18. The molecule has 0 saturated heterocycles. The van der Waals surface area contributed by atoms with Gasteiger partial charge in [0.1, 0.15) is 6.04 Å². The summed E-state index contributed by atoms with van der Waals surface area (Å²) in [4.78, 5) is 25.2. The van der Waals surface area contributed by atoms with Gasteiger partial charge >= 0.3 is 0 Å². The summed E-state index contributed by atoms with van der Waals surface area (Å²) < 4.78 is 16.3. The molecule has 7 nitrogen and oxygen atoms in total. The highest BCUT2D eigenvalue weighted by molar-refractivity contribution is 5.87. The second kappa shape index (κ2) is 19.1. The number of hydrogen-bond acceptors (Lipinski definition) is 5. The van der Waals surface area contributed by atoms with Crippen LogP contribution in [0.5, 0.6) is 0 Å². The van der Waals surface area contributed by atoms with E-state index < -0.39 is 6.04 Å². The minimum absolute atomic E-state index is 0.0406. The predicted octanol–water partition coefficient (Wildman–Crippen LogP) is 4.87. The van der Waals surface area contributed by atoms with E-state index in [1.54, 1.807) is 0 Å². The van der Waals surface area contributed by atoms with Gasteiger partial charge in [-0.25, -0.2) is 0 Å². The molecule has 0 rings (SSSR count). The van der Waals surface area contributed by atoms with Crippen LogP contribution in [-0.2, 0) is 23.8 Å². The maximum absolute atomic E-state index is 12.7. The largest absolute Gasteiger partial charge is 0.379 e. The topological polar surface area (TPSA) is 85.9 Å².